The van der Waals surface area contributed by atoms with Crippen LogP contribution in [0.15, 0.2) is 37.3 Å². The van der Waals surface area contributed by atoms with Gasteiger partial charge in [-0.2, -0.15) is 5.10 Å². The molecule has 0 unspecified atom stereocenters. The third-order valence-electron chi connectivity index (χ3n) is 5.33. The molecule has 2 aromatic heterocycles. The fraction of sp³-hybridized carbons (Fsp3) is 0.292. The van der Waals surface area contributed by atoms with Gasteiger partial charge in [0.05, 0.1) is 32.6 Å². The Morgan fingerprint density at radius 3 is 2.33 bits per heavy atom. The lowest BCUT2D eigenvalue weighted by atomic mass is 10.2. The van der Waals surface area contributed by atoms with Gasteiger partial charge in [0.2, 0.25) is 5.91 Å². The van der Waals surface area contributed by atoms with E-state index in [-0.39, 0.29) is 33.0 Å². The molecule has 15 heteroatoms. The minimum Gasteiger partial charge on any atom is -0.495 e. The summed E-state index contributed by atoms with van der Waals surface area (Å²) in [5.41, 5.74) is 0.547. The first-order valence-electron chi connectivity index (χ1n) is 11.5. The summed E-state index contributed by atoms with van der Waals surface area (Å²) in [5, 5.41) is 13.2. The van der Waals surface area contributed by atoms with E-state index in [1.165, 1.54) is 44.6 Å². The average Bonchev–Trinajstić information content (AvgIpc) is 3.30. The van der Waals surface area contributed by atoms with Crippen LogP contribution in [0.5, 0.6) is 11.5 Å². The Bertz CT molecular complexity index is 1340. The standard InChI is InChI=1S/C24H29Cl2N9O4/c1-7-19(36)29-14-12-35(9-8-33(2)3)32-23(14)30-17-11-18(28-13-27-17)34(4)24(37)31-22-20(25)15(38-5)10-16(39-6)21(22)26/h7,10-13H,1,8-9H2,2-6H3,(H,29,36)(H,31,37)(H,27,28,30,32). The molecule has 0 aliphatic heterocycles. The molecule has 208 valence electrons. The van der Waals surface area contributed by atoms with Crippen molar-refractivity contribution < 1.29 is 19.1 Å². The number of anilines is 5. The van der Waals surface area contributed by atoms with Crippen LogP contribution < -0.4 is 30.3 Å². The molecule has 3 N–H and O–H groups in total. The van der Waals surface area contributed by atoms with Gasteiger partial charge < -0.3 is 30.3 Å². The molecule has 0 saturated heterocycles. The van der Waals surface area contributed by atoms with Crippen molar-refractivity contribution in [3.63, 3.8) is 0 Å². The minimum absolute atomic E-state index is 0.106. The van der Waals surface area contributed by atoms with E-state index < -0.39 is 11.9 Å². The highest BCUT2D eigenvalue weighted by Gasteiger charge is 2.22. The number of amides is 3. The normalized spacial score (nSPS) is 10.7. The maximum Gasteiger partial charge on any atom is 0.327 e. The average molecular weight is 578 g/mol. The molecule has 0 atom stereocenters. The highest BCUT2D eigenvalue weighted by atomic mass is 35.5. The van der Waals surface area contributed by atoms with E-state index in [1.54, 1.807) is 10.9 Å². The highest BCUT2D eigenvalue weighted by Crippen LogP contribution is 2.44. The largest absolute Gasteiger partial charge is 0.495 e. The van der Waals surface area contributed by atoms with Gasteiger partial charge in [-0.1, -0.05) is 29.8 Å². The number of urea groups is 1. The zero-order valence-corrected chi connectivity index (χ0v) is 23.6. The maximum atomic E-state index is 13.1. The van der Waals surface area contributed by atoms with Gasteiger partial charge in [0, 0.05) is 25.7 Å². The lowest BCUT2D eigenvalue weighted by Gasteiger charge is -2.20. The zero-order chi connectivity index (χ0) is 28.7. The maximum absolute atomic E-state index is 13.1. The SMILES string of the molecule is C=CC(=O)Nc1cn(CCN(C)C)nc1Nc1cc(N(C)C(=O)Nc2c(Cl)c(OC)cc(OC)c2Cl)ncn1. The molecule has 1 aromatic carbocycles. The Morgan fingerprint density at radius 1 is 1.08 bits per heavy atom. The summed E-state index contributed by atoms with van der Waals surface area (Å²) in [4.78, 5) is 36.7. The van der Waals surface area contributed by atoms with Crippen LogP contribution in [0.1, 0.15) is 0 Å². The van der Waals surface area contributed by atoms with E-state index in [2.05, 4.69) is 37.6 Å². The van der Waals surface area contributed by atoms with E-state index in [0.29, 0.717) is 23.9 Å². The molecule has 0 aliphatic carbocycles. The second-order valence-electron chi connectivity index (χ2n) is 8.31. The molecule has 0 radical (unpaired) electrons. The minimum atomic E-state index is -0.592. The summed E-state index contributed by atoms with van der Waals surface area (Å²) >= 11 is 12.7. The van der Waals surface area contributed by atoms with Crippen molar-refractivity contribution in [3.05, 3.63) is 47.4 Å². The quantitative estimate of drug-likeness (QED) is 0.287. The number of methoxy groups -OCH3 is 2. The summed E-state index contributed by atoms with van der Waals surface area (Å²) in [6, 6.07) is 2.46. The number of likely N-dealkylation sites (N-methyl/N-ethyl adjacent to an activating group) is 1. The van der Waals surface area contributed by atoms with Gasteiger partial charge in [0.1, 0.15) is 45.2 Å². The molecule has 2 heterocycles. The summed E-state index contributed by atoms with van der Waals surface area (Å²) in [6.45, 7) is 4.81. The predicted octanol–water partition coefficient (Wildman–Crippen LogP) is 4.10. The number of carbonyl (C=O) groups excluding carboxylic acids is 2. The molecule has 3 aromatic rings. The van der Waals surface area contributed by atoms with Crippen molar-refractivity contribution in [1.29, 1.82) is 0 Å². The van der Waals surface area contributed by atoms with E-state index in [1.807, 2.05) is 19.0 Å². The molecule has 3 amide bonds. The Balaban J connectivity index is 1.84. The van der Waals surface area contributed by atoms with Crippen LogP contribution in [-0.2, 0) is 11.3 Å². The number of ether oxygens (including phenoxy) is 2. The molecular weight excluding hydrogens is 549 g/mol. The number of carbonyl (C=O) groups is 2. The van der Waals surface area contributed by atoms with Gasteiger partial charge in [-0.3, -0.25) is 14.4 Å². The Morgan fingerprint density at radius 2 is 1.74 bits per heavy atom. The lowest BCUT2D eigenvalue weighted by molar-refractivity contribution is -0.111. The molecule has 0 spiro atoms. The number of aromatic nitrogens is 4. The topological polar surface area (TPSA) is 139 Å². The van der Waals surface area contributed by atoms with Crippen LogP contribution in [0.3, 0.4) is 0 Å². The first-order chi connectivity index (χ1) is 18.6. The van der Waals surface area contributed by atoms with E-state index in [9.17, 15) is 9.59 Å². The van der Waals surface area contributed by atoms with Gasteiger partial charge in [-0.05, 0) is 20.2 Å². The number of halogens is 2. The van der Waals surface area contributed by atoms with Crippen LogP contribution in [-0.4, -0.2) is 78.5 Å². The summed E-state index contributed by atoms with van der Waals surface area (Å²) < 4.78 is 12.2. The first-order valence-corrected chi connectivity index (χ1v) is 12.2. The number of hydrogen-bond acceptors (Lipinski definition) is 9. The van der Waals surface area contributed by atoms with Crippen LogP contribution in [0.25, 0.3) is 0 Å². The monoisotopic (exact) mass is 577 g/mol. The van der Waals surface area contributed by atoms with Crippen LogP contribution in [0, 0.1) is 0 Å². The molecule has 3 rings (SSSR count). The molecule has 13 nitrogen and oxygen atoms in total. The molecular formula is C24H29Cl2N9O4. The zero-order valence-electron chi connectivity index (χ0n) is 22.1. The van der Waals surface area contributed by atoms with Gasteiger partial charge in [0.25, 0.3) is 0 Å². The van der Waals surface area contributed by atoms with E-state index in [0.717, 1.165) is 12.6 Å². The van der Waals surface area contributed by atoms with Crippen LogP contribution in [0.2, 0.25) is 10.0 Å². The number of rotatable bonds is 11. The third-order valence-corrected chi connectivity index (χ3v) is 6.08. The molecule has 39 heavy (non-hydrogen) atoms. The highest BCUT2D eigenvalue weighted by molar-refractivity contribution is 6.41. The van der Waals surface area contributed by atoms with Gasteiger partial charge in [-0.25, -0.2) is 14.8 Å². The van der Waals surface area contributed by atoms with Gasteiger partial charge in [0.15, 0.2) is 5.82 Å². The van der Waals surface area contributed by atoms with E-state index >= 15 is 0 Å². The number of hydrogen-bond donors (Lipinski definition) is 3. The predicted molar refractivity (Wildman–Crippen MR) is 152 cm³/mol. The number of nitrogens with one attached hydrogen (secondary N) is 3. The first kappa shape index (κ1) is 29.5. The van der Waals surface area contributed by atoms with Crippen molar-refractivity contribution in [2.45, 2.75) is 6.54 Å². The molecule has 0 saturated carbocycles. The van der Waals surface area contributed by atoms with Crippen molar-refractivity contribution in [2.24, 2.45) is 0 Å². The van der Waals surface area contributed by atoms with Crippen LogP contribution in [0.4, 0.5) is 33.6 Å². The summed E-state index contributed by atoms with van der Waals surface area (Å²) in [6.07, 6.45) is 4.14. The lowest BCUT2D eigenvalue weighted by Crippen LogP contribution is -2.32. The summed E-state index contributed by atoms with van der Waals surface area (Å²) in [7, 11) is 8.27. The smallest absolute Gasteiger partial charge is 0.327 e. The Hall–Kier alpha value is -4.07. The third kappa shape index (κ3) is 7.28. The molecule has 0 bridgehead atoms. The van der Waals surface area contributed by atoms with Crippen molar-refractivity contribution >= 4 is 64.0 Å². The fourth-order valence-electron chi connectivity index (χ4n) is 3.22. The van der Waals surface area contributed by atoms with Crippen molar-refractivity contribution in [2.75, 3.05) is 62.8 Å². The van der Waals surface area contributed by atoms with Crippen molar-refractivity contribution in [1.82, 2.24) is 24.6 Å². The number of nitrogens with zero attached hydrogens (tertiary/aromatic N) is 6. The van der Waals surface area contributed by atoms with Gasteiger partial charge >= 0.3 is 6.03 Å². The Labute approximate surface area is 235 Å². The fourth-order valence-corrected chi connectivity index (χ4v) is 3.81. The number of benzene rings is 1. The van der Waals surface area contributed by atoms with E-state index in [4.69, 9.17) is 32.7 Å². The van der Waals surface area contributed by atoms with Crippen LogP contribution >= 0.6 is 23.2 Å². The second kappa shape index (κ2) is 13.1. The van der Waals surface area contributed by atoms with Gasteiger partial charge in [-0.15, -0.1) is 0 Å². The molecule has 0 aliphatic rings. The Kier molecular flexibility index (Phi) is 9.93. The molecule has 0 fully saturated rings. The summed E-state index contributed by atoms with van der Waals surface area (Å²) in [5.74, 6) is 1.07. The second-order valence-corrected chi connectivity index (χ2v) is 9.07. The van der Waals surface area contributed by atoms with Crippen molar-refractivity contribution in [3.8, 4) is 11.5 Å².